The number of amides is 2. The van der Waals surface area contributed by atoms with Gasteiger partial charge in [-0.25, -0.2) is 4.79 Å². The van der Waals surface area contributed by atoms with Crippen LogP contribution in [0.15, 0.2) is 24.3 Å². The highest BCUT2D eigenvalue weighted by molar-refractivity contribution is 6.04. The van der Waals surface area contributed by atoms with Crippen LogP contribution in [0.1, 0.15) is 37.6 Å². The lowest BCUT2D eigenvalue weighted by molar-refractivity contribution is -0.140. The molecule has 0 fully saturated rings. The molecule has 1 rings (SSSR count). The number of aliphatic carboxylic acids is 1. The second-order valence-corrected chi connectivity index (χ2v) is 4.90. The number of para-hydroxylation sites is 1. The van der Waals surface area contributed by atoms with Crippen molar-refractivity contribution < 1.29 is 19.5 Å². The van der Waals surface area contributed by atoms with E-state index in [1.54, 1.807) is 25.1 Å². The standard InChI is InChI=1S/C15H20N2O4/c1-4-9(2)13(15(20)21)17-14(19)11-7-5-6-8-12(11)16-10(3)18/h5-9,13H,4H2,1-3H3,(H,16,18)(H,17,19)(H,20,21)/t9-,13+/m1/s1. The Morgan fingerprint density at radius 3 is 2.38 bits per heavy atom. The molecule has 2 amide bonds. The largest absolute Gasteiger partial charge is 0.480 e. The van der Waals surface area contributed by atoms with E-state index < -0.39 is 17.9 Å². The predicted octanol–water partition coefficient (Wildman–Crippen LogP) is 1.87. The van der Waals surface area contributed by atoms with Crippen LogP contribution in [-0.4, -0.2) is 28.9 Å². The van der Waals surface area contributed by atoms with Crippen molar-refractivity contribution in [3.63, 3.8) is 0 Å². The first kappa shape index (κ1) is 16.7. The highest BCUT2D eigenvalue weighted by Gasteiger charge is 2.26. The monoisotopic (exact) mass is 292 g/mol. The SMILES string of the molecule is CC[C@@H](C)[C@H](NC(=O)c1ccccc1NC(C)=O)C(=O)O. The van der Waals surface area contributed by atoms with Gasteiger partial charge in [0.1, 0.15) is 6.04 Å². The molecule has 0 heterocycles. The molecule has 0 aliphatic heterocycles. The summed E-state index contributed by atoms with van der Waals surface area (Å²) in [6.45, 7) is 4.96. The molecule has 0 saturated heterocycles. The Balaban J connectivity index is 2.97. The van der Waals surface area contributed by atoms with Crippen LogP contribution in [0.25, 0.3) is 0 Å². The van der Waals surface area contributed by atoms with Crippen LogP contribution in [0, 0.1) is 5.92 Å². The third kappa shape index (κ3) is 4.59. The second kappa shape index (κ2) is 7.42. The molecule has 1 aromatic rings. The molecule has 0 saturated carbocycles. The van der Waals surface area contributed by atoms with Crippen molar-refractivity contribution in [3.8, 4) is 0 Å². The molecule has 6 nitrogen and oxygen atoms in total. The summed E-state index contributed by atoms with van der Waals surface area (Å²) in [5.41, 5.74) is 0.595. The topological polar surface area (TPSA) is 95.5 Å². The molecule has 1 aromatic carbocycles. The lowest BCUT2D eigenvalue weighted by Gasteiger charge is -2.20. The van der Waals surface area contributed by atoms with E-state index in [2.05, 4.69) is 10.6 Å². The first-order valence-electron chi connectivity index (χ1n) is 6.77. The van der Waals surface area contributed by atoms with Crippen molar-refractivity contribution in [1.82, 2.24) is 5.32 Å². The molecule has 2 atom stereocenters. The van der Waals surface area contributed by atoms with Gasteiger partial charge in [0.05, 0.1) is 11.3 Å². The molecule has 0 spiro atoms. The number of benzene rings is 1. The highest BCUT2D eigenvalue weighted by Crippen LogP contribution is 2.16. The summed E-state index contributed by atoms with van der Waals surface area (Å²) >= 11 is 0. The summed E-state index contributed by atoms with van der Waals surface area (Å²) in [7, 11) is 0. The quantitative estimate of drug-likeness (QED) is 0.746. The Kier molecular flexibility index (Phi) is 5.90. The number of hydrogen-bond acceptors (Lipinski definition) is 3. The Hall–Kier alpha value is -2.37. The van der Waals surface area contributed by atoms with Gasteiger partial charge in [-0.3, -0.25) is 9.59 Å². The number of hydrogen-bond donors (Lipinski definition) is 3. The first-order chi connectivity index (χ1) is 9.86. The van der Waals surface area contributed by atoms with Gasteiger partial charge in [-0.05, 0) is 18.1 Å². The summed E-state index contributed by atoms with van der Waals surface area (Å²) in [5, 5.41) is 14.3. The van der Waals surface area contributed by atoms with Crippen LogP contribution in [0.2, 0.25) is 0 Å². The number of nitrogens with one attached hydrogen (secondary N) is 2. The third-order valence-electron chi connectivity index (χ3n) is 3.25. The fourth-order valence-corrected chi connectivity index (χ4v) is 1.88. The number of carbonyl (C=O) groups is 3. The third-order valence-corrected chi connectivity index (χ3v) is 3.25. The van der Waals surface area contributed by atoms with Gasteiger partial charge < -0.3 is 15.7 Å². The van der Waals surface area contributed by atoms with Crippen LogP contribution in [0.5, 0.6) is 0 Å². The summed E-state index contributed by atoms with van der Waals surface area (Å²) in [6.07, 6.45) is 0.630. The first-order valence-corrected chi connectivity index (χ1v) is 6.77. The average molecular weight is 292 g/mol. The molecular weight excluding hydrogens is 272 g/mol. The number of rotatable bonds is 6. The average Bonchev–Trinajstić information content (AvgIpc) is 2.43. The van der Waals surface area contributed by atoms with Crippen molar-refractivity contribution in [1.29, 1.82) is 0 Å². The van der Waals surface area contributed by atoms with Crippen molar-refractivity contribution in [2.24, 2.45) is 5.92 Å². The van der Waals surface area contributed by atoms with Crippen LogP contribution >= 0.6 is 0 Å². The van der Waals surface area contributed by atoms with E-state index in [0.717, 1.165) is 0 Å². The zero-order valence-corrected chi connectivity index (χ0v) is 12.3. The molecule has 0 aliphatic carbocycles. The van der Waals surface area contributed by atoms with Crippen LogP contribution in [-0.2, 0) is 9.59 Å². The number of carbonyl (C=O) groups excluding carboxylic acids is 2. The molecule has 0 aliphatic rings. The van der Waals surface area contributed by atoms with Gasteiger partial charge in [-0.1, -0.05) is 32.4 Å². The van der Waals surface area contributed by atoms with Crippen LogP contribution in [0.3, 0.4) is 0 Å². The predicted molar refractivity (Wildman–Crippen MR) is 79.1 cm³/mol. The van der Waals surface area contributed by atoms with E-state index in [9.17, 15) is 19.5 Å². The van der Waals surface area contributed by atoms with Crippen molar-refractivity contribution in [3.05, 3.63) is 29.8 Å². The van der Waals surface area contributed by atoms with Gasteiger partial charge in [0, 0.05) is 6.92 Å². The Bertz CT molecular complexity index is 542. The summed E-state index contributed by atoms with van der Waals surface area (Å²) < 4.78 is 0. The lowest BCUT2D eigenvalue weighted by atomic mass is 9.98. The van der Waals surface area contributed by atoms with Gasteiger partial charge in [0.25, 0.3) is 5.91 Å². The molecule has 114 valence electrons. The molecule has 6 heteroatoms. The van der Waals surface area contributed by atoms with Crippen molar-refractivity contribution in [2.75, 3.05) is 5.32 Å². The van der Waals surface area contributed by atoms with E-state index in [-0.39, 0.29) is 17.4 Å². The molecule has 0 unspecified atom stereocenters. The maximum atomic E-state index is 12.3. The minimum atomic E-state index is -1.07. The molecule has 0 bridgehead atoms. The van der Waals surface area contributed by atoms with E-state index in [0.29, 0.717) is 12.1 Å². The smallest absolute Gasteiger partial charge is 0.326 e. The number of carboxylic acids is 1. The van der Waals surface area contributed by atoms with Gasteiger partial charge in [-0.2, -0.15) is 0 Å². The Labute approximate surface area is 123 Å². The highest BCUT2D eigenvalue weighted by atomic mass is 16.4. The zero-order valence-electron chi connectivity index (χ0n) is 12.3. The maximum absolute atomic E-state index is 12.3. The molecule has 0 radical (unpaired) electrons. The van der Waals surface area contributed by atoms with Gasteiger partial charge in [0.2, 0.25) is 5.91 Å². The van der Waals surface area contributed by atoms with Crippen molar-refractivity contribution >= 4 is 23.5 Å². The van der Waals surface area contributed by atoms with E-state index >= 15 is 0 Å². The lowest BCUT2D eigenvalue weighted by Crippen LogP contribution is -2.45. The van der Waals surface area contributed by atoms with E-state index in [4.69, 9.17) is 0 Å². The van der Waals surface area contributed by atoms with Gasteiger partial charge in [-0.15, -0.1) is 0 Å². The van der Waals surface area contributed by atoms with E-state index in [1.807, 2.05) is 6.92 Å². The second-order valence-electron chi connectivity index (χ2n) is 4.90. The summed E-state index contributed by atoms with van der Waals surface area (Å²) in [4.78, 5) is 34.6. The number of carboxylic acid groups (broad SMARTS) is 1. The normalized spacial score (nSPS) is 13.1. The molecular formula is C15H20N2O4. The van der Waals surface area contributed by atoms with E-state index in [1.165, 1.54) is 13.0 Å². The minimum Gasteiger partial charge on any atom is -0.480 e. The Morgan fingerprint density at radius 2 is 1.86 bits per heavy atom. The summed E-state index contributed by atoms with van der Waals surface area (Å²) in [6, 6.07) is 5.50. The van der Waals surface area contributed by atoms with Gasteiger partial charge in [0.15, 0.2) is 0 Å². The fourth-order valence-electron chi connectivity index (χ4n) is 1.88. The minimum absolute atomic E-state index is 0.195. The maximum Gasteiger partial charge on any atom is 0.326 e. The summed E-state index contributed by atoms with van der Waals surface area (Å²) in [5.74, 6) is -2.09. The molecule has 21 heavy (non-hydrogen) atoms. The fraction of sp³-hybridized carbons (Fsp3) is 0.400. The van der Waals surface area contributed by atoms with Crippen LogP contribution < -0.4 is 10.6 Å². The zero-order chi connectivity index (χ0) is 16.0. The molecule has 0 aromatic heterocycles. The van der Waals surface area contributed by atoms with Crippen LogP contribution in [0.4, 0.5) is 5.69 Å². The number of anilines is 1. The van der Waals surface area contributed by atoms with Crippen molar-refractivity contribution in [2.45, 2.75) is 33.2 Å². The Morgan fingerprint density at radius 1 is 1.24 bits per heavy atom. The molecule has 3 N–H and O–H groups in total. The van der Waals surface area contributed by atoms with Gasteiger partial charge >= 0.3 is 5.97 Å².